The molecule has 1 N–H and O–H groups in total. The van der Waals surface area contributed by atoms with E-state index in [1.807, 2.05) is 0 Å². The first-order valence-corrected chi connectivity index (χ1v) is 7.49. The van der Waals surface area contributed by atoms with Gasteiger partial charge in [0.15, 0.2) is 0 Å². The van der Waals surface area contributed by atoms with E-state index in [1.54, 1.807) is 0 Å². The molecule has 0 aromatic rings. The summed E-state index contributed by atoms with van der Waals surface area (Å²) in [4.78, 5) is 2.48. The summed E-state index contributed by atoms with van der Waals surface area (Å²) in [6.45, 7) is 19.4. The van der Waals surface area contributed by atoms with E-state index in [-0.39, 0.29) is 0 Å². The second-order valence-electron chi connectivity index (χ2n) is 5.96. The summed E-state index contributed by atoms with van der Waals surface area (Å²) in [5.41, 5.74) is 0.300. The van der Waals surface area contributed by atoms with Crippen LogP contribution in [0.5, 0.6) is 0 Å². The molecule has 0 aromatic carbocycles. The molecule has 0 aliphatic rings. The molecule has 0 radical (unpaired) electrons. The fourth-order valence-corrected chi connectivity index (χ4v) is 1.94. The fourth-order valence-electron chi connectivity index (χ4n) is 1.94. The Morgan fingerprint density at radius 2 is 1.83 bits per heavy atom. The van der Waals surface area contributed by atoms with E-state index < -0.39 is 0 Å². The van der Waals surface area contributed by atoms with Gasteiger partial charge in [0.05, 0.1) is 6.61 Å². The number of ether oxygens (including phenoxy) is 1. The molecular formula is C15H34N2O. The molecule has 0 rings (SSSR count). The molecular weight excluding hydrogens is 224 g/mol. The van der Waals surface area contributed by atoms with Crippen molar-refractivity contribution in [2.75, 3.05) is 39.4 Å². The van der Waals surface area contributed by atoms with Crippen molar-refractivity contribution in [2.45, 2.75) is 54.0 Å². The Morgan fingerprint density at radius 1 is 1.17 bits per heavy atom. The first-order valence-electron chi connectivity index (χ1n) is 7.49. The van der Waals surface area contributed by atoms with Crippen molar-refractivity contribution in [3.8, 4) is 0 Å². The Morgan fingerprint density at radius 3 is 2.28 bits per heavy atom. The molecule has 0 aliphatic heterocycles. The molecule has 1 atom stereocenters. The number of nitrogens with one attached hydrogen (secondary N) is 1. The standard InChI is InChI=1S/C15H34N2O/c1-7-10-16-14(15(4,5)6)13-17(8-2)11-12-18-9-3/h14,16H,7-13H2,1-6H3. The van der Waals surface area contributed by atoms with E-state index in [2.05, 4.69) is 51.8 Å². The molecule has 110 valence electrons. The van der Waals surface area contributed by atoms with Gasteiger partial charge in [-0.05, 0) is 31.8 Å². The molecule has 3 nitrogen and oxygen atoms in total. The highest BCUT2D eigenvalue weighted by atomic mass is 16.5. The summed E-state index contributed by atoms with van der Waals surface area (Å²) in [6, 6.07) is 0.541. The molecule has 1 unspecified atom stereocenters. The van der Waals surface area contributed by atoms with Gasteiger partial charge in [-0.15, -0.1) is 0 Å². The Hall–Kier alpha value is -0.120. The summed E-state index contributed by atoms with van der Waals surface area (Å²) in [7, 11) is 0. The van der Waals surface area contributed by atoms with Crippen LogP contribution < -0.4 is 5.32 Å². The van der Waals surface area contributed by atoms with Crippen LogP contribution in [0.3, 0.4) is 0 Å². The number of hydrogen-bond acceptors (Lipinski definition) is 3. The zero-order chi connectivity index (χ0) is 14.0. The minimum atomic E-state index is 0.300. The van der Waals surface area contributed by atoms with Crippen molar-refractivity contribution in [1.82, 2.24) is 10.2 Å². The van der Waals surface area contributed by atoms with Gasteiger partial charge in [-0.3, -0.25) is 4.90 Å². The quantitative estimate of drug-likeness (QED) is 0.610. The maximum atomic E-state index is 5.45. The Kier molecular flexibility index (Phi) is 9.70. The van der Waals surface area contributed by atoms with Crippen LogP contribution in [-0.4, -0.2) is 50.3 Å². The van der Waals surface area contributed by atoms with Gasteiger partial charge in [0.25, 0.3) is 0 Å². The van der Waals surface area contributed by atoms with Gasteiger partial charge in [0, 0.05) is 25.7 Å². The molecule has 18 heavy (non-hydrogen) atoms. The molecule has 0 saturated heterocycles. The van der Waals surface area contributed by atoms with E-state index in [0.29, 0.717) is 11.5 Å². The van der Waals surface area contributed by atoms with Gasteiger partial charge < -0.3 is 10.1 Å². The number of nitrogens with zero attached hydrogens (tertiary/aromatic N) is 1. The minimum absolute atomic E-state index is 0.300. The van der Waals surface area contributed by atoms with Crippen LogP contribution in [0.15, 0.2) is 0 Å². The Balaban J connectivity index is 4.24. The number of rotatable bonds is 10. The van der Waals surface area contributed by atoms with Crippen molar-refractivity contribution in [3.63, 3.8) is 0 Å². The molecule has 3 heteroatoms. The van der Waals surface area contributed by atoms with E-state index in [9.17, 15) is 0 Å². The molecule has 0 aromatic heterocycles. The largest absolute Gasteiger partial charge is 0.380 e. The van der Waals surface area contributed by atoms with Crippen LogP contribution in [0.2, 0.25) is 0 Å². The average Bonchev–Trinajstić information content (AvgIpc) is 2.30. The van der Waals surface area contributed by atoms with Crippen molar-refractivity contribution in [2.24, 2.45) is 5.41 Å². The molecule has 0 spiro atoms. The van der Waals surface area contributed by atoms with E-state index >= 15 is 0 Å². The molecule has 0 heterocycles. The van der Waals surface area contributed by atoms with E-state index in [4.69, 9.17) is 4.74 Å². The maximum Gasteiger partial charge on any atom is 0.0593 e. The van der Waals surface area contributed by atoms with Crippen molar-refractivity contribution < 1.29 is 4.74 Å². The average molecular weight is 258 g/mol. The van der Waals surface area contributed by atoms with Gasteiger partial charge in [-0.1, -0.05) is 34.6 Å². The molecule has 0 bridgehead atoms. The zero-order valence-electron chi connectivity index (χ0n) is 13.4. The lowest BCUT2D eigenvalue weighted by Gasteiger charge is -2.36. The third-order valence-corrected chi connectivity index (χ3v) is 3.33. The third kappa shape index (κ3) is 8.06. The first-order chi connectivity index (χ1) is 8.45. The number of hydrogen-bond donors (Lipinski definition) is 1. The van der Waals surface area contributed by atoms with Crippen molar-refractivity contribution in [3.05, 3.63) is 0 Å². The Bertz CT molecular complexity index is 189. The van der Waals surface area contributed by atoms with Crippen LogP contribution in [0.25, 0.3) is 0 Å². The zero-order valence-corrected chi connectivity index (χ0v) is 13.4. The smallest absolute Gasteiger partial charge is 0.0593 e. The number of likely N-dealkylation sites (N-methyl/N-ethyl adjacent to an activating group) is 1. The van der Waals surface area contributed by atoms with Gasteiger partial charge in [-0.25, -0.2) is 0 Å². The summed E-state index contributed by atoms with van der Waals surface area (Å²) in [5, 5.41) is 3.68. The second-order valence-corrected chi connectivity index (χ2v) is 5.96. The van der Waals surface area contributed by atoms with Crippen LogP contribution >= 0.6 is 0 Å². The normalized spacial score (nSPS) is 14.2. The second kappa shape index (κ2) is 9.76. The SMILES string of the molecule is CCCNC(CN(CC)CCOCC)C(C)(C)C. The van der Waals surface area contributed by atoms with E-state index in [0.717, 1.165) is 39.4 Å². The lowest BCUT2D eigenvalue weighted by Crippen LogP contribution is -2.49. The van der Waals surface area contributed by atoms with Crippen LogP contribution in [0.4, 0.5) is 0 Å². The lowest BCUT2D eigenvalue weighted by atomic mass is 9.86. The topological polar surface area (TPSA) is 24.5 Å². The highest BCUT2D eigenvalue weighted by molar-refractivity contribution is 4.83. The maximum absolute atomic E-state index is 5.45. The van der Waals surface area contributed by atoms with Crippen LogP contribution in [0.1, 0.15) is 48.0 Å². The van der Waals surface area contributed by atoms with Gasteiger partial charge in [-0.2, -0.15) is 0 Å². The fraction of sp³-hybridized carbons (Fsp3) is 1.00. The first kappa shape index (κ1) is 17.9. The molecule has 0 amide bonds. The van der Waals surface area contributed by atoms with Gasteiger partial charge >= 0.3 is 0 Å². The molecule has 0 fully saturated rings. The monoisotopic (exact) mass is 258 g/mol. The highest BCUT2D eigenvalue weighted by Crippen LogP contribution is 2.20. The summed E-state index contributed by atoms with van der Waals surface area (Å²) in [5.74, 6) is 0. The van der Waals surface area contributed by atoms with E-state index in [1.165, 1.54) is 6.42 Å². The Labute approximate surface area is 114 Å². The van der Waals surface area contributed by atoms with Crippen LogP contribution in [0, 0.1) is 5.41 Å². The molecule has 0 aliphatic carbocycles. The van der Waals surface area contributed by atoms with Crippen molar-refractivity contribution >= 4 is 0 Å². The predicted octanol–water partition coefficient (Wildman–Crippen LogP) is 2.76. The van der Waals surface area contributed by atoms with Crippen LogP contribution in [-0.2, 0) is 4.74 Å². The van der Waals surface area contributed by atoms with Gasteiger partial charge in [0.1, 0.15) is 0 Å². The minimum Gasteiger partial charge on any atom is -0.380 e. The predicted molar refractivity (Wildman–Crippen MR) is 80.1 cm³/mol. The molecule has 0 saturated carbocycles. The van der Waals surface area contributed by atoms with Gasteiger partial charge in [0.2, 0.25) is 0 Å². The summed E-state index contributed by atoms with van der Waals surface area (Å²) >= 11 is 0. The lowest BCUT2D eigenvalue weighted by molar-refractivity contribution is 0.101. The highest BCUT2D eigenvalue weighted by Gasteiger charge is 2.25. The summed E-state index contributed by atoms with van der Waals surface area (Å²) in [6.07, 6.45) is 1.19. The van der Waals surface area contributed by atoms with Crippen molar-refractivity contribution in [1.29, 1.82) is 0 Å². The third-order valence-electron chi connectivity index (χ3n) is 3.33. The summed E-state index contributed by atoms with van der Waals surface area (Å²) < 4.78 is 5.45.